The number of allylic oxidation sites excluding steroid dienone is 1. The zero-order valence-electron chi connectivity index (χ0n) is 21.7. The minimum Gasteiger partial charge on any atom is -0.360 e. The Hall–Kier alpha value is -4.53. The molecule has 1 atom stereocenters. The molecule has 1 aliphatic rings. The summed E-state index contributed by atoms with van der Waals surface area (Å²) in [6, 6.07) is 10.1. The SMILES string of the molecule is CC1=C(C#N)[C@@H](c2ccc(C#N)cc2S(C)(=O)=O)N(S(=O)(=O)c2c(C)noc2C)C(=O)N1c1cccc(CF)c1. The number of halogens is 1. The number of anilines is 1. The molecule has 2 amide bonds. The van der Waals surface area contributed by atoms with Gasteiger partial charge in [0.25, 0.3) is 10.0 Å². The van der Waals surface area contributed by atoms with Crippen LogP contribution in [0.2, 0.25) is 0 Å². The molecule has 0 N–H and O–H groups in total. The molecule has 1 aromatic heterocycles. The van der Waals surface area contributed by atoms with Gasteiger partial charge in [0.2, 0.25) is 0 Å². The number of nitrogens with zero attached hydrogens (tertiary/aromatic N) is 5. The number of carbonyl (C=O) groups is 1. The van der Waals surface area contributed by atoms with E-state index in [2.05, 4.69) is 5.16 Å². The van der Waals surface area contributed by atoms with Crippen molar-refractivity contribution >= 4 is 31.6 Å². The summed E-state index contributed by atoms with van der Waals surface area (Å²) >= 11 is 0. The van der Waals surface area contributed by atoms with Gasteiger partial charge in [-0.05, 0) is 56.2 Å². The first-order valence-corrected chi connectivity index (χ1v) is 14.9. The number of carbonyl (C=O) groups excluding carboxylic acids is 1. The van der Waals surface area contributed by atoms with Gasteiger partial charge in [0.05, 0.1) is 33.9 Å². The van der Waals surface area contributed by atoms with Crippen molar-refractivity contribution in [2.75, 3.05) is 11.2 Å². The molecule has 0 unspecified atom stereocenters. The average molecular weight is 584 g/mol. The monoisotopic (exact) mass is 583 g/mol. The first kappa shape index (κ1) is 28.5. The Morgan fingerprint density at radius 2 is 1.75 bits per heavy atom. The molecular weight excluding hydrogens is 561 g/mol. The Kier molecular flexibility index (Phi) is 7.28. The van der Waals surface area contributed by atoms with Crippen molar-refractivity contribution in [1.29, 1.82) is 10.5 Å². The Labute approximate surface area is 230 Å². The summed E-state index contributed by atoms with van der Waals surface area (Å²) in [5.41, 5.74) is -0.287. The number of hydrogen-bond acceptors (Lipinski definition) is 9. The summed E-state index contributed by atoms with van der Waals surface area (Å²) in [6.45, 7) is 3.21. The third-order valence-electron chi connectivity index (χ3n) is 6.38. The van der Waals surface area contributed by atoms with Crippen molar-refractivity contribution in [3.63, 3.8) is 0 Å². The number of hydrogen-bond donors (Lipinski definition) is 0. The molecule has 0 fully saturated rings. The molecule has 2 heterocycles. The fraction of sp³-hybridized carbons (Fsp3) is 0.231. The van der Waals surface area contributed by atoms with Gasteiger partial charge in [-0.3, -0.25) is 4.90 Å². The van der Waals surface area contributed by atoms with Crippen LogP contribution >= 0.6 is 0 Å². The number of alkyl halides is 1. The van der Waals surface area contributed by atoms with E-state index in [1.807, 2.05) is 12.1 Å². The van der Waals surface area contributed by atoms with E-state index < -0.39 is 48.4 Å². The second-order valence-electron chi connectivity index (χ2n) is 9.03. The van der Waals surface area contributed by atoms with Crippen LogP contribution in [0.4, 0.5) is 14.9 Å². The number of sulfone groups is 1. The highest BCUT2D eigenvalue weighted by Crippen LogP contribution is 2.44. The van der Waals surface area contributed by atoms with E-state index >= 15 is 0 Å². The lowest BCUT2D eigenvalue weighted by molar-refractivity contribution is 0.220. The van der Waals surface area contributed by atoms with Gasteiger partial charge in [0, 0.05) is 12.0 Å². The van der Waals surface area contributed by atoms with Crippen molar-refractivity contribution in [3.05, 3.63) is 81.9 Å². The maximum atomic E-state index is 14.2. The van der Waals surface area contributed by atoms with Crippen LogP contribution < -0.4 is 4.90 Å². The highest BCUT2D eigenvalue weighted by molar-refractivity contribution is 7.91. The van der Waals surface area contributed by atoms with E-state index in [0.717, 1.165) is 17.2 Å². The maximum absolute atomic E-state index is 14.2. The van der Waals surface area contributed by atoms with Gasteiger partial charge in [-0.1, -0.05) is 23.4 Å². The van der Waals surface area contributed by atoms with Gasteiger partial charge in [0.1, 0.15) is 18.4 Å². The minimum atomic E-state index is -4.86. The third-order valence-corrected chi connectivity index (χ3v) is 9.51. The zero-order chi connectivity index (χ0) is 29.6. The quantitative estimate of drug-likeness (QED) is 0.413. The van der Waals surface area contributed by atoms with Gasteiger partial charge in [0.15, 0.2) is 20.5 Å². The van der Waals surface area contributed by atoms with E-state index in [0.29, 0.717) is 4.31 Å². The predicted molar refractivity (Wildman–Crippen MR) is 139 cm³/mol. The van der Waals surface area contributed by atoms with Crippen molar-refractivity contribution in [3.8, 4) is 12.1 Å². The third kappa shape index (κ3) is 4.61. The normalized spacial score (nSPS) is 16.2. The van der Waals surface area contributed by atoms with Crippen LogP contribution in [0, 0.1) is 36.5 Å². The molecule has 3 aromatic rings. The van der Waals surface area contributed by atoms with Gasteiger partial charge < -0.3 is 4.52 Å². The molecule has 11 nitrogen and oxygen atoms in total. The van der Waals surface area contributed by atoms with Crippen LogP contribution in [-0.4, -0.2) is 38.6 Å². The Bertz CT molecular complexity index is 1860. The molecule has 14 heteroatoms. The van der Waals surface area contributed by atoms with Crippen molar-refractivity contribution < 1.29 is 30.5 Å². The van der Waals surface area contributed by atoms with Crippen molar-refractivity contribution in [2.45, 2.75) is 43.3 Å². The van der Waals surface area contributed by atoms with E-state index in [1.165, 1.54) is 57.2 Å². The summed E-state index contributed by atoms with van der Waals surface area (Å²) in [4.78, 5) is 14.3. The minimum absolute atomic E-state index is 0.00234. The molecule has 0 saturated carbocycles. The summed E-state index contributed by atoms with van der Waals surface area (Å²) in [6.07, 6.45) is 0.863. The molecular formula is C26H22FN5O6S2. The lowest BCUT2D eigenvalue weighted by Crippen LogP contribution is -2.52. The molecule has 206 valence electrons. The smallest absolute Gasteiger partial charge is 0.343 e. The van der Waals surface area contributed by atoms with Gasteiger partial charge in [-0.25, -0.2) is 30.3 Å². The van der Waals surface area contributed by atoms with Crippen LogP contribution in [0.25, 0.3) is 0 Å². The lowest BCUT2D eigenvalue weighted by Gasteiger charge is -2.41. The average Bonchev–Trinajstić information content (AvgIpc) is 3.25. The standard InChI is InChI=1S/C26H22FN5O6S2/c1-15-25(17(3)38-30-15)40(36,37)32-24(21-9-8-19(13-28)11-23(21)39(4,34)35)22(14-29)16(2)31(26(32)33)20-7-5-6-18(10-20)12-27/h5-11,24H,12H2,1-4H3/t24-/m1/s1. The fourth-order valence-corrected chi connectivity index (χ4v) is 7.37. The Morgan fingerprint density at radius 3 is 2.30 bits per heavy atom. The zero-order valence-corrected chi connectivity index (χ0v) is 23.3. The second kappa shape index (κ2) is 10.2. The number of amides is 2. The molecule has 0 radical (unpaired) electrons. The highest BCUT2D eigenvalue weighted by Gasteiger charge is 2.49. The molecule has 0 saturated heterocycles. The van der Waals surface area contributed by atoms with E-state index in [-0.39, 0.29) is 45.1 Å². The number of rotatable bonds is 6. The number of aryl methyl sites for hydroxylation is 2. The van der Waals surface area contributed by atoms with Crippen LogP contribution in [0.1, 0.15) is 41.1 Å². The van der Waals surface area contributed by atoms with Crippen LogP contribution in [0.5, 0.6) is 0 Å². The van der Waals surface area contributed by atoms with Crippen molar-refractivity contribution in [2.24, 2.45) is 0 Å². The summed E-state index contributed by atoms with van der Waals surface area (Å²) in [5.74, 6) is -0.136. The van der Waals surface area contributed by atoms with Crippen LogP contribution in [0.15, 0.2) is 68.0 Å². The van der Waals surface area contributed by atoms with Gasteiger partial charge in [-0.2, -0.15) is 10.5 Å². The number of sulfonamides is 1. The van der Waals surface area contributed by atoms with Crippen LogP contribution in [0.3, 0.4) is 0 Å². The van der Waals surface area contributed by atoms with Gasteiger partial charge >= 0.3 is 6.03 Å². The molecule has 1 aliphatic heterocycles. The number of benzene rings is 2. The fourth-order valence-electron chi connectivity index (χ4n) is 4.63. The van der Waals surface area contributed by atoms with Crippen LogP contribution in [-0.2, 0) is 26.5 Å². The molecule has 0 aliphatic carbocycles. The Balaban J connectivity index is 2.14. The first-order valence-electron chi connectivity index (χ1n) is 11.6. The summed E-state index contributed by atoms with van der Waals surface area (Å²) in [7, 11) is -8.96. The second-order valence-corrected chi connectivity index (χ2v) is 12.8. The Morgan fingerprint density at radius 1 is 1.05 bits per heavy atom. The van der Waals surface area contributed by atoms with E-state index in [1.54, 1.807) is 0 Å². The highest BCUT2D eigenvalue weighted by atomic mass is 32.2. The summed E-state index contributed by atoms with van der Waals surface area (Å²) < 4.78 is 73.1. The molecule has 0 bridgehead atoms. The predicted octanol–water partition coefficient (Wildman–Crippen LogP) is 4.21. The number of aromatic nitrogens is 1. The summed E-state index contributed by atoms with van der Waals surface area (Å²) in [5, 5.41) is 23.3. The number of urea groups is 1. The first-order chi connectivity index (χ1) is 18.8. The molecule has 0 spiro atoms. The topological polar surface area (TPSA) is 165 Å². The van der Waals surface area contributed by atoms with Crippen molar-refractivity contribution in [1.82, 2.24) is 9.46 Å². The number of nitriles is 2. The molecule has 2 aromatic carbocycles. The van der Waals surface area contributed by atoms with E-state index in [4.69, 9.17) is 4.52 Å². The van der Waals surface area contributed by atoms with E-state index in [9.17, 15) is 36.5 Å². The maximum Gasteiger partial charge on any atom is 0.343 e. The van der Waals surface area contributed by atoms with Gasteiger partial charge in [-0.15, -0.1) is 0 Å². The largest absolute Gasteiger partial charge is 0.360 e. The molecule has 40 heavy (non-hydrogen) atoms. The lowest BCUT2D eigenvalue weighted by atomic mass is 9.94. The molecule has 4 rings (SSSR count).